The molecule has 1 heterocycles. The maximum absolute atomic E-state index is 12.5. The molecule has 0 radical (unpaired) electrons. The van der Waals surface area contributed by atoms with Crippen molar-refractivity contribution in [2.45, 2.75) is 31.4 Å². The number of hydrogen-bond acceptors (Lipinski definition) is 3. The number of oxazole rings is 1. The van der Waals surface area contributed by atoms with Crippen LogP contribution in [0.1, 0.15) is 30.2 Å². The summed E-state index contributed by atoms with van der Waals surface area (Å²) >= 11 is 0. The molecule has 0 spiro atoms. The molecule has 2 N–H and O–H groups in total. The van der Waals surface area contributed by atoms with Crippen LogP contribution in [0.25, 0.3) is 0 Å². The van der Waals surface area contributed by atoms with E-state index in [1.807, 2.05) is 0 Å². The Morgan fingerprint density at radius 2 is 2.14 bits per heavy atom. The first-order chi connectivity index (χ1) is 6.48. The molecule has 1 aromatic rings. The summed E-state index contributed by atoms with van der Waals surface area (Å²) in [5, 5.41) is 0. The van der Waals surface area contributed by atoms with E-state index < -0.39 is 12.1 Å². The van der Waals surface area contributed by atoms with Gasteiger partial charge in [-0.3, -0.25) is 0 Å². The van der Waals surface area contributed by atoms with Gasteiger partial charge in [0.1, 0.15) is 11.7 Å². The minimum Gasteiger partial charge on any atom is -0.429 e. The van der Waals surface area contributed by atoms with E-state index in [2.05, 4.69) is 4.98 Å². The Hall–Kier alpha value is -1.20. The zero-order chi connectivity index (χ0) is 10.3. The molecule has 0 saturated carbocycles. The highest BCUT2D eigenvalue weighted by atomic mass is 19.4. The minimum absolute atomic E-state index is 0.0266. The maximum Gasteiger partial charge on any atom is 0.397 e. The lowest BCUT2D eigenvalue weighted by atomic mass is 9.90. The van der Waals surface area contributed by atoms with Gasteiger partial charge in [-0.15, -0.1) is 0 Å². The van der Waals surface area contributed by atoms with E-state index in [9.17, 15) is 13.2 Å². The van der Waals surface area contributed by atoms with Gasteiger partial charge in [0.05, 0.1) is 5.69 Å². The quantitative estimate of drug-likeness (QED) is 0.708. The molecule has 0 amide bonds. The summed E-state index contributed by atoms with van der Waals surface area (Å²) in [6.45, 7) is 0. The predicted octanol–water partition coefficient (Wildman–Crippen LogP) is 2.24. The second kappa shape index (κ2) is 2.90. The number of nitrogens with two attached hydrogens (primary N) is 1. The average Bonchev–Trinajstić information content (AvgIpc) is 2.41. The van der Waals surface area contributed by atoms with Gasteiger partial charge in [-0.2, -0.15) is 18.2 Å². The Balaban J connectivity index is 2.40. The van der Waals surface area contributed by atoms with Crippen LogP contribution in [0.15, 0.2) is 4.42 Å². The van der Waals surface area contributed by atoms with Crippen LogP contribution in [0.3, 0.4) is 0 Å². The van der Waals surface area contributed by atoms with E-state index in [4.69, 9.17) is 10.2 Å². The third-order valence-electron chi connectivity index (χ3n) is 2.37. The fourth-order valence-corrected chi connectivity index (χ4v) is 1.76. The van der Waals surface area contributed by atoms with E-state index in [0.29, 0.717) is 12.8 Å². The first-order valence-electron chi connectivity index (χ1n) is 4.30. The van der Waals surface area contributed by atoms with Crippen molar-refractivity contribution in [3.63, 3.8) is 0 Å². The van der Waals surface area contributed by atoms with Gasteiger partial charge in [0, 0.05) is 6.42 Å². The van der Waals surface area contributed by atoms with Crippen molar-refractivity contribution in [3.8, 4) is 0 Å². The molecular formula is C8H9F3N2O. The molecule has 1 aromatic heterocycles. The predicted molar refractivity (Wildman–Crippen MR) is 42.6 cm³/mol. The molecule has 6 heteroatoms. The number of aromatic nitrogens is 1. The molecule has 14 heavy (non-hydrogen) atoms. The van der Waals surface area contributed by atoms with Crippen molar-refractivity contribution in [3.05, 3.63) is 11.5 Å². The SMILES string of the molecule is Nc1nc2c(o1)CCCC2C(F)(F)F. The number of nitrogens with zero attached hydrogens (tertiary/aromatic N) is 1. The van der Waals surface area contributed by atoms with Crippen molar-refractivity contribution in [1.82, 2.24) is 4.98 Å². The van der Waals surface area contributed by atoms with Gasteiger partial charge in [-0.25, -0.2) is 0 Å². The molecule has 0 aromatic carbocycles. The molecule has 2 rings (SSSR count). The zero-order valence-corrected chi connectivity index (χ0v) is 7.27. The number of halogens is 3. The van der Waals surface area contributed by atoms with Gasteiger partial charge < -0.3 is 10.2 Å². The van der Waals surface area contributed by atoms with Crippen LogP contribution in [0, 0.1) is 0 Å². The van der Waals surface area contributed by atoms with E-state index in [1.54, 1.807) is 0 Å². The van der Waals surface area contributed by atoms with Crippen LogP contribution in [0.2, 0.25) is 0 Å². The smallest absolute Gasteiger partial charge is 0.397 e. The van der Waals surface area contributed by atoms with Crippen molar-refractivity contribution in [1.29, 1.82) is 0 Å². The molecule has 0 bridgehead atoms. The standard InChI is InChI=1S/C8H9F3N2O/c9-8(10,11)4-2-1-3-5-6(4)13-7(12)14-5/h4H,1-3H2,(H2,12,13). The van der Waals surface area contributed by atoms with Crippen LogP contribution in [-0.4, -0.2) is 11.2 Å². The summed E-state index contributed by atoms with van der Waals surface area (Å²) < 4.78 is 42.4. The van der Waals surface area contributed by atoms with Crippen LogP contribution >= 0.6 is 0 Å². The highest BCUT2D eigenvalue weighted by molar-refractivity contribution is 5.26. The van der Waals surface area contributed by atoms with Gasteiger partial charge in [0.15, 0.2) is 0 Å². The summed E-state index contributed by atoms with van der Waals surface area (Å²) in [7, 11) is 0. The minimum atomic E-state index is -4.25. The fraction of sp³-hybridized carbons (Fsp3) is 0.625. The Labute approximate surface area is 78.1 Å². The second-order valence-corrected chi connectivity index (χ2v) is 3.35. The first kappa shape index (κ1) is 9.36. The number of hydrogen-bond donors (Lipinski definition) is 1. The van der Waals surface area contributed by atoms with Crippen molar-refractivity contribution >= 4 is 6.01 Å². The summed E-state index contributed by atoms with van der Waals surface area (Å²) in [6, 6.07) is -0.175. The van der Waals surface area contributed by atoms with Gasteiger partial charge in [-0.1, -0.05) is 0 Å². The van der Waals surface area contributed by atoms with Crippen LogP contribution in [-0.2, 0) is 6.42 Å². The molecular weight excluding hydrogens is 197 g/mol. The fourth-order valence-electron chi connectivity index (χ4n) is 1.76. The molecule has 1 unspecified atom stereocenters. The van der Waals surface area contributed by atoms with E-state index in [0.717, 1.165) is 0 Å². The number of nitrogen functional groups attached to an aromatic ring is 1. The highest BCUT2D eigenvalue weighted by Gasteiger charge is 2.45. The van der Waals surface area contributed by atoms with Crippen molar-refractivity contribution in [2.24, 2.45) is 0 Å². The molecule has 0 aliphatic heterocycles. The third-order valence-corrected chi connectivity index (χ3v) is 2.37. The lowest BCUT2D eigenvalue weighted by Crippen LogP contribution is -2.24. The Kier molecular flexibility index (Phi) is 1.94. The van der Waals surface area contributed by atoms with E-state index in [1.165, 1.54) is 0 Å². The highest BCUT2D eigenvalue weighted by Crippen LogP contribution is 2.42. The first-order valence-corrected chi connectivity index (χ1v) is 4.30. The summed E-state index contributed by atoms with van der Waals surface area (Å²) in [6.07, 6.45) is -3.22. The molecule has 0 saturated heterocycles. The Bertz CT molecular complexity index is 345. The second-order valence-electron chi connectivity index (χ2n) is 3.35. The molecule has 3 nitrogen and oxygen atoms in total. The third kappa shape index (κ3) is 1.44. The molecule has 1 atom stereocenters. The summed E-state index contributed by atoms with van der Waals surface area (Å²) in [5.41, 5.74) is 5.19. The van der Waals surface area contributed by atoms with E-state index >= 15 is 0 Å². The number of fused-ring (bicyclic) bond motifs is 1. The lowest BCUT2D eigenvalue weighted by Gasteiger charge is -2.22. The topological polar surface area (TPSA) is 52.0 Å². The van der Waals surface area contributed by atoms with Gasteiger partial charge >= 0.3 is 6.18 Å². The zero-order valence-electron chi connectivity index (χ0n) is 7.27. The lowest BCUT2D eigenvalue weighted by molar-refractivity contribution is -0.154. The summed E-state index contributed by atoms with van der Waals surface area (Å²) in [4.78, 5) is 3.59. The Morgan fingerprint density at radius 1 is 1.43 bits per heavy atom. The van der Waals surface area contributed by atoms with Gasteiger partial charge in [0.25, 0.3) is 6.01 Å². The number of alkyl halides is 3. The average molecular weight is 206 g/mol. The van der Waals surface area contributed by atoms with Crippen molar-refractivity contribution in [2.75, 3.05) is 5.73 Å². The van der Waals surface area contributed by atoms with Gasteiger partial charge in [-0.05, 0) is 12.8 Å². The van der Waals surface area contributed by atoms with Gasteiger partial charge in [0.2, 0.25) is 0 Å². The van der Waals surface area contributed by atoms with E-state index in [-0.39, 0.29) is 23.9 Å². The van der Waals surface area contributed by atoms with Crippen LogP contribution in [0.5, 0.6) is 0 Å². The molecule has 1 aliphatic carbocycles. The number of anilines is 1. The van der Waals surface area contributed by atoms with Crippen LogP contribution in [0.4, 0.5) is 19.2 Å². The maximum atomic E-state index is 12.5. The number of aryl methyl sites for hydroxylation is 1. The normalized spacial score (nSPS) is 22.1. The number of rotatable bonds is 0. The molecule has 1 aliphatic rings. The Morgan fingerprint density at radius 3 is 2.79 bits per heavy atom. The monoisotopic (exact) mass is 206 g/mol. The summed E-state index contributed by atoms with van der Waals surface area (Å²) in [5.74, 6) is -1.22. The van der Waals surface area contributed by atoms with Crippen molar-refractivity contribution < 1.29 is 17.6 Å². The molecule has 78 valence electrons. The molecule has 0 fully saturated rings. The largest absolute Gasteiger partial charge is 0.429 e. The van der Waals surface area contributed by atoms with Crippen LogP contribution < -0.4 is 5.73 Å².